The number of nitrogens with one attached hydrogen (secondary N) is 1. The summed E-state index contributed by atoms with van der Waals surface area (Å²) in [6, 6.07) is 6.48. The smallest absolute Gasteiger partial charge is 0.159 e. The molecule has 0 aliphatic heterocycles. The van der Waals surface area contributed by atoms with Crippen molar-refractivity contribution in [2.24, 2.45) is 5.84 Å². The lowest BCUT2D eigenvalue weighted by Crippen LogP contribution is -2.30. The van der Waals surface area contributed by atoms with Crippen LogP contribution in [-0.4, -0.2) is 0 Å². The summed E-state index contributed by atoms with van der Waals surface area (Å²) in [5, 5.41) is 0.146. The van der Waals surface area contributed by atoms with Gasteiger partial charge in [0.1, 0.15) is 5.82 Å². The molecule has 0 saturated carbocycles. The van der Waals surface area contributed by atoms with Gasteiger partial charge in [-0.1, -0.05) is 23.7 Å². The lowest BCUT2D eigenvalue weighted by atomic mass is 9.98. The van der Waals surface area contributed by atoms with Crippen molar-refractivity contribution in [1.29, 1.82) is 0 Å². The first kappa shape index (κ1) is 13.9. The zero-order chi connectivity index (χ0) is 14.0. The number of benzene rings is 2. The minimum Gasteiger partial charge on any atom is -0.271 e. The molecule has 0 aliphatic carbocycles. The number of hydrazine groups is 1. The molecule has 0 fully saturated rings. The number of nitrogens with two attached hydrogens (primary N) is 1. The van der Waals surface area contributed by atoms with Crippen LogP contribution in [0.4, 0.5) is 13.2 Å². The summed E-state index contributed by atoms with van der Waals surface area (Å²) in [5.41, 5.74) is 2.70. The van der Waals surface area contributed by atoms with Gasteiger partial charge in [0.05, 0.1) is 6.04 Å². The SMILES string of the molecule is NNC(c1ccc(F)c(F)c1)c1c(F)cccc1Cl. The van der Waals surface area contributed by atoms with Gasteiger partial charge in [-0.25, -0.2) is 18.6 Å². The second-order valence-electron chi connectivity index (χ2n) is 3.91. The minimum absolute atomic E-state index is 0.0812. The van der Waals surface area contributed by atoms with E-state index in [2.05, 4.69) is 5.43 Å². The Bertz CT molecular complexity index is 584. The molecule has 2 nitrogen and oxygen atoms in total. The summed E-state index contributed by atoms with van der Waals surface area (Å²) >= 11 is 5.92. The fraction of sp³-hybridized carbons (Fsp3) is 0.0769. The van der Waals surface area contributed by atoms with Gasteiger partial charge < -0.3 is 0 Å². The highest BCUT2D eigenvalue weighted by Gasteiger charge is 2.20. The molecular formula is C13H10ClF3N2. The first-order valence-electron chi connectivity index (χ1n) is 5.39. The van der Waals surface area contributed by atoms with Crippen LogP contribution in [0.3, 0.4) is 0 Å². The second kappa shape index (κ2) is 5.61. The van der Waals surface area contributed by atoms with Crippen molar-refractivity contribution < 1.29 is 13.2 Å². The zero-order valence-electron chi connectivity index (χ0n) is 9.63. The molecule has 0 heterocycles. The largest absolute Gasteiger partial charge is 0.271 e. The third-order valence-electron chi connectivity index (χ3n) is 2.73. The molecule has 2 aromatic rings. The molecule has 2 aromatic carbocycles. The third kappa shape index (κ3) is 2.73. The molecule has 0 saturated heterocycles. The molecule has 0 amide bonds. The monoisotopic (exact) mass is 286 g/mol. The Morgan fingerprint density at radius 3 is 2.32 bits per heavy atom. The van der Waals surface area contributed by atoms with E-state index < -0.39 is 23.5 Å². The maximum Gasteiger partial charge on any atom is 0.159 e. The highest BCUT2D eigenvalue weighted by atomic mass is 35.5. The maximum absolute atomic E-state index is 13.8. The molecule has 100 valence electrons. The Morgan fingerprint density at radius 2 is 1.74 bits per heavy atom. The van der Waals surface area contributed by atoms with Crippen molar-refractivity contribution in [3.63, 3.8) is 0 Å². The summed E-state index contributed by atoms with van der Waals surface area (Å²) in [4.78, 5) is 0. The molecule has 3 N–H and O–H groups in total. The average molecular weight is 287 g/mol. The Morgan fingerprint density at radius 1 is 1.00 bits per heavy atom. The van der Waals surface area contributed by atoms with Crippen molar-refractivity contribution in [2.75, 3.05) is 0 Å². The van der Waals surface area contributed by atoms with Crippen LogP contribution in [0.15, 0.2) is 36.4 Å². The maximum atomic E-state index is 13.8. The van der Waals surface area contributed by atoms with E-state index in [1.807, 2.05) is 0 Å². The van der Waals surface area contributed by atoms with Crippen LogP contribution >= 0.6 is 11.6 Å². The first-order chi connectivity index (χ1) is 9.04. The van der Waals surface area contributed by atoms with Gasteiger partial charge in [0, 0.05) is 10.6 Å². The zero-order valence-corrected chi connectivity index (χ0v) is 10.4. The molecular weight excluding hydrogens is 277 g/mol. The summed E-state index contributed by atoms with van der Waals surface area (Å²) in [5.74, 6) is 2.76. The van der Waals surface area contributed by atoms with E-state index in [1.54, 1.807) is 0 Å². The molecule has 2 rings (SSSR count). The summed E-state index contributed by atoms with van der Waals surface area (Å²) in [6.45, 7) is 0. The molecule has 1 atom stereocenters. The first-order valence-corrected chi connectivity index (χ1v) is 5.77. The van der Waals surface area contributed by atoms with Crippen LogP contribution in [0, 0.1) is 17.5 Å². The van der Waals surface area contributed by atoms with Crippen LogP contribution in [0.25, 0.3) is 0 Å². The van der Waals surface area contributed by atoms with Crippen molar-refractivity contribution >= 4 is 11.6 Å². The lowest BCUT2D eigenvalue weighted by Gasteiger charge is -2.19. The number of halogens is 4. The molecule has 19 heavy (non-hydrogen) atoms. The van der Waals surface area contributed by atoms with Crippen molar-refractivity contribution in [3.8, 4) is 0 Å². The number of rotatable bonds is 3. The standard InChI is InChI=1S/C13H10ClF3N2/c14-8-2-1-3-10(16)12(8)13(19-18)7-4-5-9(15)11(17)6-7/h1-6,13,19H,18H2. The van der Waals surface area contributed by atoms with Crippen molar-refractivity contribution in [2.45, 2.75) is 6.04 Å². The van der Waals surface area contributed by atoms with Crippen LogP contribution in [-0.2, 0) is 0 Å². The topological polar surface area (TPSA) is 38.0 Å². The number of hydrogen-bond donors (Lipinski definition) is 2. The van der Waals surface area contributed by atoms with Crippen molar-refractivity contribution in [3.05, 3.63) is 70.0 Å². The molecule has 0 spiro atoms. The average Bonchev–Trinajstić information content (AvgIpc) is 2.37. The van der Waals surface area contributed by atoms with Crippen LogP contribution < -0.4 is 11.3 Å². The van der Waals surface area contributed by atoms with Gasteiger partial charge in [-0.2, -0.15) is 0 Å². The van der Waals surface area contributed by atoms with Crippen LogP contribution in [0.1, 0.15) is 17.2 Å². The van der Waals surface area contributed by atoms with Gasteiger partial charge in [0.25, 0.3) is 0 Å². The van der Waals surface area contributed by atoms with E-state index in [0.29, 0.717) is 0 Å². The fourth-order valence-corrected chi connectivity index (χ4v) is 2.10. The molecule has 0 aromatic heterocycles. The van der Waals surface area contributed by atoms with E-state index in [0.717, 1.165) is 12.1 Å². The van der Waals surface area contributed by atoms with Gasteiger partial charge in [0.15, 0.2) is 11.6 Å². The minimum atomic E-state index is -1.04. The van der Waals surface area contributed by atoms with Crippen LogP contribution in [0.2, 0.25) is 5.02 Å². The predicted octanol–water partition coefficient (Wildman–Crippen LogP) is 3.31. The third-order valence-corrected chi connectivity index (χ3v) is 3.06. The highest BCUT2D eigenvalue weighted by molar-refractivity contribution is 6.31. The van der Waals surface area contributed by atoms with Crippen LogP contribution in [0.5, 0.6) is 0 Å². The Balaban J connectivity index is 2.53. The molecule has 0 bridgehead atoms. The van der Waals surface area contributed by atoms with Gasteiger partial charge in [-0.15, -0.1) is 0 Å². The Kier molecular flexibility index (Phi) is 4.09. The molecule has 0 aliphatic rings. The Hall–Kier alpha value is -1.56. The normalized spacial score (nSPS) is 12.5. The fourth-order valence-electron chi connectivity index (χ4n) is 1.82. The lowest BCUT2D eigenvalue weighted by molar-refractivity contribution is 0.502. The van der Waals surface area contributed by atoms with E-state index in [1.165, 1.54) is 24.3 Å². The van der Waals surface area contributed by atoms with E-state index >= 15 is 0 Å². The Labute approximate surface area is 113 Å². The van der Waals surface area contributed by atoms with E-state index in [4.69, 9.17) is 17.4 Å². The van der Waals surface area contributed by atoms with Gasteiger partial charge in [-0.05, 0) is 29.8 Å². The summed E-state index contributed by atoms with van der Waals surface area (Å²) in [7, 11) is 0. The number of hydrogen-bond acceptors (Lipinski definition) is 2. The van der Waals surface area contributed by atoms with E-state index in [-0.39, 0.29) is 16.1 Å². The summed E-state index contributed by atoms with van der Waals surface area (Å²) < 4.78 is 39.9. The van der Waals surface area contributed by atoms with Gasteiger partial charge in [-0.3, -0.25) is 5.84 Å². The molecule has 1 unspecified atom stereocenters. The second-order valence-corrected chi connectivity index (χ2v) is 4.32. The molecule has 6 heteroatoms. The highest BCUT2D eigenvalue weighted by Crippen LogP contribution is 2.30. The van der Waals surface area contributed by atoms with E-state index in [9.17, 15) is 13.2 Å². The van der Waals surface area contributed by atoms with Crippen molar-refractivity contribution in [1.82, 2.24) is 5.43 Å². The van der Waals surface area contributed by atoms with Gasteiger partial charge in [0.2, 0.25) is 0 Å². The summed E-state index contributed by atoms with van der Waals surface area (Å²) in [6.07, 6.45) is 0. The molecule has 0 radical (unpaired) electrons. The predicted molar refractivity (Wildman–Crippen MR) is 66.9 cm³/mol. The van der Waals surface area contributed by atoms with Gasteiger partial charge >= 0.3 is 0 Å². The quantitative estimate of drug-likeness (QED) is 0.671.